The van der Waals surface area contributed by atoms with Gasteiger partial charge in [-0.25, -0.2) is 9.78 Å². The number of aliphatic carboxylic acids is 1. The van der Waals surface area contributed by atoms with Crippen molar-refractivity contribution in [3.63, 3.8) is 0 Å². The van der Waals surface area contributed by atoms with Gasteiger partial charge in [0.15, 0.2) is 5.82 Å². The number of fused-ring (bicyclic) bond motifs is 1. The number of carbonyl (C=O) groups is 1. The van der Waals surface area contributed by atoms with E-state index >= 15 is 0 Å². The smallest absolute Gasteiger partial charge is 0.326 e. The number of anilines is 2. The molecule has 0 saturated carbocycles. The van der Waals surface area contributed by atoms with Gasteiger partial charge in [-0.2, -0.15) is 15.0 Å². The van der Waals surface area contributed by atoms with E-state index in [2.05, 4.69) is 30.6 Å². The summed E-state index contributed by atoms with van der Waals surface area (Å²) in [5.41, 5.74) is 2.27. The van der Waals surface area contributed by atoms with E-state index in [9.17, 15) is 9.90 Å². The van der Waals surface area contributed by atoms with Crippen LogP contribution in [0.4, 0.5) is 11.9 Å². The SMILES string of the molecule is CNc1nc(NC(Cc2cccc(Cl)c2Cl)C(=O)O)nc(-c2ccc3cnc(C)n3c2)n1. The van der Waals surface area contributed by atoms with Crippen LogP contribution in [0.2, 0.25) is 10.0 Å². The molecule has 1 atom stereocenters. The summed E-state index contributed by atoms with van der Waals surface area (Å²) in [4.78, 5) is 29.3. The van der Waals surface area contributed by atoms with E-state index in [0.717, 1.165) is 16.9 Å². The summed E-state index contributed by atoms with van der Waals surface area (Å²) in [7, 11) is 1.67. The van der Waals surface area contributed by atoms with Gasteiger partial charge in [-0.15, -0.1) is 0 Å². The molecular formula is C21H19Cl2N7O2. The molecule has 32 heavy (non-hydrogen) atoms. The van der Waals surface area contributed by atoms with Crippen molar-refractivity contribution in [2.75, 3.05) is 17.7 Å². The highest BCUT2D eigenvalue weighted by atomic mass is 35.5. The molecule has 0 radical (unpaired) electrons. The van der Waals surface area contributed by atoms with Gasteiger partial charge in [-0.3, -0.25) is 0 Å². The normalized spacial score (nSPS) is 12.0. The van der Waals surface area contributed by atoms with Gasteiger partial charge in [-0.1, -0.05) is 35.3 Å². The lowest BCUT2D eigenvalue weighted by molar-refractivity contribution is -0.137. The van der Waals surface area contributed by atoms with Crippen LogP contribution in [0.3, 0.4) is 0 Å². The van der Waals surface area contributed by atoms with E-state index in [-0.39, 0.29) is 12.4 Å². The Hall–Kier alpha value is -3.43. The van der Waals surface area contributed by atoms with Crippen LogP contribution in [-0.2, 0) is 11.2 Å². The predicted molar refractivity (Wildman–Crippen MR) is 124 cm³/mol. The summed E-state index contributed by atoms with van der Waals surface area (Å²) in [6, 6.07) is 7.84. The van der Waals surface area contributed by atoms with Crippen LogP contribution in [0, 0.1) is 6.92 Å². The van der Waals surface area contributed by atoms with E-state index < -0.39 is 12.0 Å². The summed E-state index contributed by atoms with van der Waals surface area (Å²) in [6.45, 7) is 1.90. The number of benzene rings is 1. The average molecular weight is 472 g/mol. The summed E-state index contributed by atoms with van der Waals surface area (Å²) < 4.78 is 1.92. The van der Waals surface area contributed by atoms with E-state index in [1.165, 1.54) is 0 Å². The standard InChI is InChI=1S/C21H19Cl2N7O2/c1-11-25-9-14-7-6-13(10-30(11)14)18-27-20(24-2)29-21(28-18)26-16(19(31)32)8-12-4-3-5-15(22)17(12)23/h3-7,9-10,16H,8H2,1-2H3,(H,31,32)(H2,24,26,27,28,29). The topological polar surface area (TPSA) is 117 Å². The van der Waals surface area contributed by atoms with Crippen LogP contribution in [0.25, 0.3) is 16.9 Å². The maximum Gasteiger partial charge on any atom is 0.326 e. The van der Waals surface area contributed by atoms with Gasteiger partial charge >= 0.3 is 5.97 Å². The van der Waals surface area contributed by atoms with Crippen LogP contribution < -0.4 is 10.6 Å². The second-order valence-corrected chi connectivity index (χ2v) is 7.81. The predicted octanol–water partition coefficient (Wildman–Crippen LogP) is 3.95. The molecule has 0 amide bonds. The van der Waals surface area contributed by atoms with E-state index in [1.54, 1.807) is 31.4 Å². The third-order valence-corrected chi connectivity index (χ3v) is 5.74. The quantitative estimate of drug-likeness (QED) is 0.370. The average Bonchev–Trinajstić information content (AvgIpc) is 3.16. The van der Waals surface area contributed by atoms with E-state index in [4.69, 9.17) is 23.2 Å². The van der Waals surface area contributed by atoms with Crippen LogP contribution in [0.1, 0.15) is 11.4 Å². The van der Waals surface area contributed by atoms with Gasteiger partial charge in [0.25, 0.3) is 0 Å². The number of pyridine rings is 1. The molecule has 3 heterocycles. The van der Waals surface area contributed by atoms with Gasteiger partial charge in [0, 0.05) is 25.2 Å². The molecule has 9 nitrogen and oxygen atoms in total. The largest absolute Gasteiger partial charge is 0.480 e. The Balaban J connectivity index is 1.68. The Kier molecular flexibility index (Phi) is 6.11. The molecule has 4 rings (SSSR count). The molecule has 0 spiro atoms. The maximum absolute atomic E-state index is 11.9. The fourth-order valence-electron chi connectivity index (χ4n) is 3.21. The summed E-state index contributed by atoms with van der Waals surface area (Å²) in [6.07, 6.45) is 3.73. The van der Waals surface area contributed by atoms with Crippen molar-refractivity contribution in [3.05, 3.63) is 64.2 Å². The van der Waals surface area contributed by atoms with Gasteiger partial charge < -0.3 is 20.1 Å². The highest BCUT2D eigenvalue weighted by Crippen LogP contribution is 2.27. The number of imidazole rings is 1. The Labute approximate surface area is 193 Å². The molecule has 3 aromatic heterocycles. The van der Waals surface area contributed by atoms with E-state index in [0.29, 0.717) is 27.4 Å². The Morgan fingerprint density at radius 2 is 1.94 bits per heavy atom. The van der Waals surface area contributed by atoms with Gasteiger partial charge in [0.2, 0.25) is 11.9 Å². The zero-order valence-electron chi connectivity index (χ0n) is 17.2. The van der Waals surface area contributed by atoms with Crippen molar-refractivity contribution < 1.29 is 9.90 Å². The second kappa shape index (κ2) is 8.97. The number of hydrogen-bond acceptors (Lipinski definition) is 7. The maximum atomic E-state index is 11.9. The number of carboxylic acids is 1. The number of rotatable bonds is 7. The molecule has 11 heteroatoms. The number of nitrogens with zero attached hydrogens (tertiary/aromatic N) is 5. The van der Waals surface area contributed by atoms with Crippen molar-refractivity contribution in [3.8, 4) is 11.4 Å². The van der Waals surface area contributed by atoms with Crippen molar-refractivity contribution in [1.82, 2.24) is 24.3 Å². The summed E-state index contributed by atoms with van der Waals surface area (Å²) >= 11 is 12.3. The number of hydrogen-bond donors (Lipinski definition) is 3. The Bertz CT molecular complexity index is 1310. The van der Waals surface area contributed by atoms with Crippen LogP contribution in [0.15, 0.2) is 42.7 Å². The van der Waals surface area contributed by atoms with Gasteiger partial charge in [0.1, 0.15) is 11.9 Å². The third kappa shape index (κ3) is 4.44. The van der Waals surface area contributed by atoms with Crippen molar-refractivity contribution in [1.29, 1.82) is 0 Å². The Morgan fingerprint density at radius 3 is 2.69 bits per heavy atom. The lowest BCUT2D eigenvalue weighted by Gasteiger charge is -2.16. The lowest BCUT2D eigenvalue weighted by Crippen LogP contribution is -2.32. The second-order valence-electron chi connectivity index (χ2n) is 7.03. The Morgan fingerprint density at radius 1 is 1.16 bits per heavy atom. The monoisotopic (exact) mass is 471 g/mol. The number of halogens is 2. The third-order valence-electron chi connectivity index (χ3n) is 4.89. The highest BCUT2D eigenvalue weighted by molar-refractivity contribution is 6.42. The minimum absolute atomic E-state index is 0.0881. The zero-order valence-corrected chi connectivity index (χ0v) is 18.7. The lowest BCUT2D eigenvalue weighted by atomic mass is 10.1. The molecule has 4 aromatic rings. The van der Waals surface area contributed by atoms with Crippen molar-refractivity contribution in [2.24, 2.45) is 0 Å². The summed E-state index contributed by atoms with van der Waals surface area (Å²) in [5, 5.41) is 16.2. The van der Waals surface area contributed by atoms with Crippen LogP contribution in [0.5, 0.6) is 0 Å². The van der Waals surface area contributed by atoms with Crippen LogP contribution in [-0.4, -0.2) is 48.5 Å². The molecule has 3 N–H and O–H groups in total. The molecule has 0 saturated heterocycles. The number of nitrogens with one attached hydrogen (secondary N) is 2. The molecule has 0 aliphatic rings. The minimum atomic E-state index is -1.08. The molecule has 1 aromatic carbocycles. The molecule has 0 aliphatic carbocycles. The van der Waals surface area contributed by atoms with Gasteiger partial charge in [-0.05, 0) is 30.7 Å². The first-order valence-corrected chi connectivity index (χ1v) is 10.4. The van der Waals surface area contributed by atoms with Crippen molar-refractivity contribution >= 4 is 46.6 Å². The molecule has 0 aliphatic heterocycles. The first kappa shape index (κ1) is 21.8. The fourth-order valence-corrected chi connectivity index (χ4v) is 3.61. The van der Waals surface area contributed by atoms with Gasteiger partial charge in [0.05, 0.1) is 21.8 Å². The molecule has 1 unspecified atom stereocenters. The number of aromatic nitrogens is 5. The molecule has 0 bridgehead atoms. The number of aryl methyl sites for hydroxylation is 1. The first-order chi connectivity index (χ1) is 15.4. The molecule has 164 valence electrons. The zero-order chi connectivity index (χ0) is 22.8. The number of carboxylic acid groups (broad SMARTS) is 1. The first-order valence-electron chi connectivity index (χ1n) is 9.66. The fraction of sp³-hybridized carbons (Fsp3) is 0.190. The van der Waals surface area contributed by atoms with Crippen LogP contribution >= 0.6 is 23.2 Å². The summed E-state index contributed by atoms with van der Waals surface area (Å²) in [5.74, 6) is 0.543. The van der Waals surface area contributed by atoms with E-state index in [1.807, 2.05) is 29.7 Å². The van der Waals surface area contributed by atoms with Crippen molar-refractivity contribution in [2.45, 2.75) is 19.4 Å². The minimum Gasteiger partial charge on any atom is -0.480 e. The molecule has 0 fully saturated rings. The molecular weight excluding hydrogens is 453 g/mol. The highest BCUT2D eigenvalue weighted by Gasteiger charge is 2.22.